The van der Waals surface area contributed by atoms with Gasteiger partial charge in [0.05, 0.1) is 12.3 Å². The van der Waals surface area contributed by atoms with Gasteiger partial charge in [-0.3, -0.25) is 4.79 Å². The fourth-order valence-corrected chi connectivity index (χ4v) is 0.560. The van der Waals surface area contributed by atoms with E-state index in [0.717, 1.165) is 7.41 Å². The summed E-state index contributed by atoms with van der Waals surface area (Å²) in [5.74, 6) is -1.20. The van der Waals surface area contributed by atoms with Crippen molar-refractivity contribution < 1.29 is 19.8 Å². The maximum absolute atomic E-state index is 10.3. The number of hydrogen-bond acceptors (Lipinski definition) is 4. The van der Waals surface area contributed by atoms with Crippen LogP contribution in [0.15, 0.2) is 0 Å². The van der Waals surface area contributed by atoms with Gasteiger partial charge in [-0.1, -0.05) is 0 Å². The van der Waals surface area contributed by atoms with Crippen LogP contribution >= 0.6 is 0 Å². The second kappa shape index (κ2) is 4.87. The van der Waals surface area contributed by atoms with E-state index in [9.17, 15) is 9.59 Å². The fraction of sp³-hybridized carbons (Fsp3) is 0.600. The van der Waals surface area contributed by atoms with Crippen molar-refractivity contribution in [2.45, 2.75) is 19.1 Å². The largest absolute Gasteiger partial charge is 0.480 e. The number of rotatable bonds is 5. The van der Waals surface area contributed by atoms with E-state index in [1.165, 1.54) is 6.92 Å². The van der Waals surface area contributed by atoms with Gasteiger partial charge in [-0.25, -0.2) is 0 Å². The van der Waals surface area contributed by atoms with E-state index in [-0.39, 0.29) is 0 Å². The molecule has 0 aromatic rings. The molecule has 6 heteroatoms. The Kier molecular flexibility index (Phi) is 4.48. The van der Waals surface area contributed by atoms with Crippen LogP contribution in [-0.2, 0) is 9.59 Å². The predicted molar refractivity (Wildman–Crippen MR) is 38.7 cm³/mol. The highest BCUT2D eigenvalue weighted by atomic mass is 16.4. The third-order valence-corrected chi connectivity index (χ3v) is 1.09. The minimum atomic E-state index is -1.20. The molecule has 0 amide bonds. The van der Waals surface area contributed by atoms with Gasteiger partial charge in [-0.05, 0) is 6.92 Å². The number of aliphatic hydroxyl groups excluding tert-OH is 1. The van der Waals surface area contributed by atoms with Gasteiger partial charge in [-0.15, -0.1) is 0 Å². The lowest BCUT2D eigenvalue weighted by atomic mass is 9.95. The van der Waals surface area contributed by atoms with Gasteiger partial charge >= 0.3 is 5.97 Å². The Morgan fingerprint density at radius 3 is 2.55 bits per heavy atom. The summed E-state index contributed by atoms with van der Waals surface area (Å²) in [5.41, 5.74) is 0. The zero-order valence-electron chi connectivity index (χ0n) is 6.02. The van der Waals surface area contributed by atoms with E-state index >= 15 is 0 Å². The van der Waals surface area contributed by atoms with Crippen LogP contribution in [0, 0.1) is 0 Å². The Bertz CT molecular complexity index is 149. The summed E-state index contributed by atoms with van der Waals surface area (Å²) in [4.78, 5) is 20.1. The van der Waals surface area contributed by atoms with Gasteiger partial charge in [0, 0.05) is 0 Å². The number of aliphatic hydroxyl groups is 1. The number of carbonyl (C=O) groups excluding carboxylic acids is 1. The second-order valence-corrected chi connectivity index (χ2v) is 2.03. The molecule has 3 N–H and O–H groups in total. The van der Waals surface area contributed by atoms with Crippen molar-refractivity contribution in [1.82, 2.24) is 5.23 Å². The van der Waals surface area contributed by atoms with Gasteiger partial charge in [0.1, 0.15) is 6.04 Å². The van der Waals surface area contributed by atoms with Crippen molar-refractivity contribution in [3.63, 3.8) is 0 Å². The lowest BCUT2D eigenvalue weighted by Gasteiger charge is -2.14. The average Bonchev–Trinajstić information content (AvgIpc) is 1.87. The molecule has 0 aliphatic heterocycles. The number of carbonyl (C=O) groups is 2. The molecule has 0 saturated heterocycles. The molecule has 61 valence electrons. The summed E-state index contributed by atoms with van der Waals surface area (Å²) in [7, 11) is 0.936. The Hall–Kier alpha value is -0.875. The van der Waals surface area contributed by atoms with Crippen molar-refractivity contribution >= 4 is 19.6 Å². The van der Waals surface area contributed by atoms with Gasteiger partial charge in [0.25, 0.3) is 7.41 Å². The summed E-state index contributed by atoms with van der Waals surface area (Å²) >= 11 is 0. The van der Waals surface area contributed by atoms with Crippen LogP contribution in [0.3, 0.4) is 0 Å². The Morgan fingerprint density at radius 1 is 1.73 bits per heavy atom. The van der Waals surface area contributed by atoms with Crippen LogP contribution in [0.1, 0.15) is 6.92 Å². The maximum Gasteiger partial charge on any atom is 0.322 e. The van der Waals surface area contributed by atoms with E-state index in [0.29, 0.717) is 6.19 Å². The first kappa shape index (κ1) is 10.1. The van der Waals surface area contributed by atoms with Crippen LogP contribution in [0.25, 0.3) is 0 Å². The fourth-order valence-electron chi connectivity index (χ4n) is 0.560. The Balaban J connectivity index is 3.89. The number of aliphatic carboxylic acids is 1. The summed E-state index contributed by atoms with van der Waals surface area (Å²) in [6, 6.07) is -1.12. The van der Waals surface area contributed by atoms with Gasteiger partial charge < -0.3 is 20.2 Å². The molecule has 0 fully saturated rings. The summed E-state index contributed by atoms with van der Waals surface area (Å²) in [6.45, 7) is 1.32. The van der Waals surface area contributed by atoms with Crippen molar-refractivity contribution in [3.8, 4) is 0 Å². The molecule has 0 aliphatic carbocycles. The normalized spacial score (nSPS) is 15.1. The topological polar surface area (TPSA) is 86.6 Å². The molecular formula is C5H9BNO4. The van der Waals surface area contributed by atoms with E-state index < -0.39 is 18.1 Å². The molecule has 0 rings (SSSR count). The zero-order valence-corrected chi connectivity index (χ0v) is 6.02. The number of carboxylic acids is 1. The molecule has 0 unspecified atom stereocenters. The second-order valence-electron chi connectivity index (χ2n) is 2.03. The Labute approximate surface area is 64.7 Å². The number of carboxylic acid groups (broad SMARTS) is 1. The SMILES string of the molecule is C[C@@H](O)[C@H](N[B]C=O)C(=O)O. The molecule has 11 heavy (non-hydrogen) atoms. The van der Waals surface area contributed by atoms with E-state index in [4.69, 9.17) is 10.2 Å². The molecule has 0 aromatic heterocycles. The van der Waals surface area contributed by atoms with Gasteiger partial charge in [0.15, 0.2) is 0 Å². The minimum absolute atomic E-state index is 0.415. The highest BCUT2D eigenvalue weighted by Crippen LogP contribution is 1.90. The van der Waals surface area contributed by atoms with Crippen molar-refractivity contribution in [2.24, 2.45) is 0 Å². The maximum atomic E-state index is 10.3. The molecule has 0 spiro atoms. The molecule has 1 radical (unpaired) electrons. The first-order valence-electron chi connectivity index (χ1n) is 3.03. The van der Waals surface area contributed by atoms with E-state index in [1.54, 1.807) is 0 Å². The van der Waals surface area contributed by atoms with Gasteiger partial charge in [0.2, 0.25) is 0 Å². The third kappa shape index (κ3) is 3.74. The first-order valence-corrected chi connectivity index (χ1v) is 3.03. The van der Waals surface area contributed by atoms with Crippen molar-refractivity contribution in [1.29, 1.82) is 0 Å². The van der Waals surface area contributed by atoms with E-state index in [2.05, 4.69) is 5.23 Å². The molecule has 0 aromatic carbocycles. The quantitative estimate of drug-likeness (QED) is 0.325. The number of hydrogen-bond donors (Lipinski definition) is 3. The van der Waals surface area contributed by atoms with E-state index in [1.807, 2.05) is 0 Å². The molecule has 0 saturated carbocycles. The lowest BCUT2D eigenvalue weighted by Crippen LogP contribution is -2.46. The first-order chi connectivity index (χ1) is 5.09. The van der Waals surface area contributed by atoms with Crippen molar-refractivity contribution in [2.75, 3.05) is 0 Å². The summed E-state index contributed by atoms with van der Waals surface area (Å²) in [5, 5.41) is 19.5. The zero-order chi connectivity index (χ0) is 8.85. The van der Waals surface area contributed by atoms with Crippen LogP contribution < -0.4 is 5.23 Å². The highest BCUT2D eigenvalue weighted by molar-refractivity contribution is 6.64. The molecule has 0 bridgehead atoms. The highest BCUT2D eigenvalue weighted by Gasteiger charge is 2.21. The molecule has 2 atom stereocenters. The van der Waals surface area contributed by atoms with Crippen LogP contribution in [-0.4, -0.2) is 41.9 Å². The van der Waals surface area contributed by atoms with Crippen LogP contribution in [0.2, 0.25) is 0 Å². The van der Waals surface area contributed by atoms with Crippen LogP contribution in [0.4, 0.5) is 0 Å². The summed E-state index contributed by atoms with van der Waals surface area (Å²) in [6.07, 6.45) is -0.623. The third-order valence-electron chi connectivity index (χ3n) is 1.09. The smallest absolute Gasteiger partial charge is 0.322 e. The van der Waals surface area contributed by atoms with Crippen molar-refractivity contribution in [3.05, 3.63) is 0 Å². The van der Waals surface area contributed by atoms with Crippen LogP contribution in [0.5, 0.6) is 0 Å². The minimum Gasteiger partial charge on any atom is -0.480 e. The lowest BCUT2D eigenvalue weighted by molar-refractivity contribution is -0.141. The predicted octanol–water partition coefficient (Wildman–Crippen LogP) is -1.78. The molecule has 0 heterocycles. The summed E-state index contributed by atoms with van der Waals surface area (Å²) < 4.78 is 0. The number of nitrogens with one attached hydrogen (secondary N) is 1. The average molecular weight is 158 g/mol. The monoisotopic (exact) mass is 158 g/mol. The molecule has 5 nitrogen and oxygen atoms in total. The molecular weight excluding hydrogens is 149 g/mol. The van der Waals surface area contributed by atoms with Gasteiger partial charge in [-0.2, -0.15) is 0 Å². The standard InChI is InChI=1S/C5H9BNO4/c1-3(9)4(5(10)11)7-6-2-8/h2-4,7,9H,1H3,(H,10,11)/t3-,4+/m1/s1. The molecule has 0 aliphatic rings. The Morgan fingerprint density at radius 2 is 2.27 bits per heavy atom.